The minimum Gasteiger partial charge on any atom is -0.394 e. The Kier molecular flexibility index (Phi) is 4.39. The highest BCUT2D eigenvalue weighted by molar-refractivity contribution is 9.05. The molecule has 1 aliphatic heterocycles. The Labute approximate surface area is 120 Å². The van der Waals surface area contributed by atoms with E-state index in [9.17, 15) is 15.0 Å². The molecule has 0 bridgehead atoms. The highest BCUT2D eigenvalue weighted by Gasteiger charge is 2.59. The Hall–Kier alpha value is -1.08. The van der Waals surface area contributed by atoms with Gasteiger partial charge < -0.3 is 25.8 Å². The number of anilines is 1. The van der Waals surface area contributed by atoms with Gasteiger partial charge in [-0.15, -0.1) is 0 Å². The summed E-state index contributed by atoms with van der Waals surface area (Å²) in [6.45, 7) is -0.608. The van der Waals surface area contributed by atoms with Gasteiger partial charge in [-0.1, -0.05) is 0 Å². The fourth-order valence-corrected chi connectivity index (χ4v) is 2.12. The quantitative estimate of drug-likeness (QED) is 0.349. The molecule has 1 saturated heterocycles. The predicted molar refractivity (Wildman–Crippen MR) is 66.0 cm³/mol. The molecule has 1 aliphatic rings. The fourth-order valence-electron chi connectivity index (χ4n) is 1.93. The van der Waals surface area contributed by atoms with Crippen molar-refractivity contribution in [2.24, 2.45) is 0 Å². The summed E-state index contributed by atoms with van der Waals surface area (Å²) >= 11 is 2.50. The molecule has 0 saturated carbocycles. The van der Waals surface area contributed by atoms with Gasteiger partial charge in [0.15, 0.2) is 6.10 Å². The number of aliphatic hydroxyl groups excluding tert-OH is 3. The molecule has 11 heteroatoms. The second-order valence-corrected chi connectivity index (χ2v) is 4.32. The van der Waals surface area contributed by atoms with Crippen molar-refractivity contribution in [3.63, 3.8) is 0 Å². The molecular weight excluding hydrogens is 342 g/mol. The van der Waals surface area contributed by atoms with E-state index in [1.54, 1.807) is 0 Å². The summed E-state index contributed by atoms with van der Waals surface area (Å²) in [6.07, 6.45) is -3.27. The van der Waals surface area contributed by atoms with Crippen molar-refractivity contribution in [3.8, 4) is 0 Å². The number of nitrogens with two attached hydrogens (primary N) is 1. The SMILES string of the molecule is Nc1ccn([C@]2(OOBr)O[C@H](CO)[C@@H](O)[C@H]2O)c(=O)n1. The Bertz CT molecular complexity index is 541. The summed E-state index contributed by atoms with van der Waals surface area (Å²) in [5.41, 5.74) is 4.46. The van der Waals surface area contributed by atoms with Gasteiger partial charge in [-0.25, -0.2) is 9.36 Å². The number of ether oxygens (including phenoxy) is 1. The highest BCUT2D eigenvalue weighted by atomic mass is 79.9. The molecule has 0 spiro atoms. The first-order chi connectivity index (χ1) is 9.46. The average molecular weight is 354 g/mol. The lowest BCUT2D eigenvalue weighted by Gasteiger charge is -2.30. The summed E-state index contributed by atoms with van der Waals surface area (Å²) in [6, 6.07) is 1.26. The molecule has 0 unspecified atom stereocenters. The van der Waals surface area contributed by atoms with E-state index < -0.39 is 36.5 Å². The Morgan fingerprint density at radius 2 is 2.30 bits per heavy atom. The number of aromatic nitrogens is 2. The lowest BCUT2D eigenvalue weighted by atomic mass is 10.1. The van der Waals surface area contributed by atoms with Crippen molar-refractivity contribution in [1.82, 2.24) is 9.55 Å². The summed E-state index contributed by atoms with van der Waals surface area (Å²) in [5.74, 6) is -2.26. The average Bonchev–Trinajstić information content (AvgIpc) is 2.65. The topological polar surface area (TPSA) is 149 Å². The Balaban J connectivity index is 2.53. The minimum absolute atomic E-state index is 0.0482. The fraction of sp³-hybridized carbons (Fsp3) is 0.556. The number of halogens is 1. The third kappa shape index (κ3) is 2.33. The third-order valence-electron chi connectivity index (χ3n) is 2.89. The van der Waals surface area contributed by atoms with E-state index in [4.69, 9.17) is 20.5 Å². The van der Waals surface area contributed by atoms with Gasteiger partial charge in [0.05, 0.1) is 6.61 Å². The van der Waals surface area contributed by atoms with Crippen LogP contribution in [0.25, 0.3) is 0 Å². The van der Waals surface area contributed by atoms with E-state index in [2.05, 4.69) is 25.2 Å². The molecule has 5 N–H and O–H groups in total. The van der Waals surface area contributed by atoms with Crippen LogP contribution < -0.4 is 11.4 Å². The van der Waals surface area contributed by atoms with Crippen LogP contribution in [0.1, 0.15) is 0 Å². The Morgan fingerprint density at radius 1 is 1.60 bits per heavy atom. The van der Waals surface area contributed by atoms with Crippen LogP contribution in [0.15, 0.2) is 17.1 Å². The predicted octanol–water partition coefficient (Wildman–Crippen LogP) is -2.19. The molecule has 10 nitrogen and oxygen atoms in total. The minimum atomic E-state index is -2.21. The summed E-state index contributed by atoms with van der Waals surface area (Å²) in [4.78, 5) is 20.1. The van der Waals surface area contributed by atoms with Gasteiger partial charge in [0, 0.05) is 6.20 Å². The van der Waals surface area contributed by atoms with E-state index in [0.29, 0.717) is 0 Å². The van der Waals surface area contributed by atoms with Gasteiger partial charge in [0.1, 0.15) is 34.3 Å². The van der Waals surface area contributed by atoms with E-state index in [0.717, 1.165) is 10.8 Å². The van der Waals surface area contributed by atoms with Crippen LogP contribution in [-0.2, 0) is 19.5 Å². The maximum absolute atomic E-state index is 11.8. The second kappa shape index (κ2) is 5.73. The molecule has 4 atom stereocenters. The number of aliphatic hydroxyl groups is 3. The summed E-state index contributed by atoms with van der Waals surface area (Å²) < 4.78 is 10.3. The summed E-state index contributed by atoms with van der Waals surface area (Å²) in [7, 11) is 0. The van der Waals surface area contributed by atoms with Gasteiger partial charge in [0.25, 0.3) is 0 Å². The van der Waals surface area contributed by atoms with Crippen molar-refractivity contribution >= 4 is 22.1 Å². The standard InChI is InChI=1S/C9H12BrN3O7/c10-20-19-9(7(16)6(15)4(3-14)18-9)13-2-1-5(11)12-8(13)17/h1-2,4,6-7,14-16H,3H2,(H2,11,12,17)/t4-,6-,7-,9+/m1/s1. The van der Waals surface area contributed by atoms with Crippen LogP contribution >= 0.6 is 16.3 Å². The van der Waals surface area contributed by atoms with Gasteiger partial charge in [-0.05, 0) is 6.07 Å². The van der Waals surface area contributed by atoms with Crippen LogP contribution in [0.4, 0.5) is 5.82 Å². The molecule has 2 rings (SSSR count). The lowest BCUT2D eigenvalue weighted by molar-refractivity contribution is -0.426. The van der Waals surface area contributed by atoms with E-state index >= 15 is 0 Å². The zero-order chi connectivity index (χ0) is 14.9. The first-order valence-electron chi connectivity index (χ1n) is 5.43. The van der Waals surface area contributed by atoms with Gasteiger partial charge in [-0.2, -0.15) is 13.9 Å². The first-order valence-corrected chi connectivity index (χ1v) is 6.08. The molecule has 0 radical (unpaired) electrons. The number of hydrogen-bond donors (Lipinski definition) is 4. The third-order valence-corrected chi connectivity index (χ3v) is 3.02. The van der Waals surface area contributed by atoms with Gasteiger partial charge in [0.2, 0.25) is 0 Å². The molecule has 0 aromatic carbocycles. The molecule has 0 aliphatic carbocycles. The van der Waals surface area contributed by atoms with Crippen molar-refractivity contribution < 1.29 is 28.9 Å². The van der Waals surface area contributed by atoms with Crippen LogP contribution in [0.3, 0.4) is 0 Å². The number of rotatable bonds is 4. The molecular formula is C9H12BrN3O7. The van der Waals surface area contributed by atoms with Crippen LogP contribution in [0.2, 0.25) is 0 Å². The van der Waals surface area contributed by atoms with E-state index in [1.807, 2.05) is 0 Å². The molecule has 1 aromatic heterocycles. The number of hydrogen-bond acceptors (Lipinski definition) is 9. The highest BCUT2D eigenvalue weighted by Crippen LogP contribution is 2.36. The van der Waals surface area contributed by atoms with E-state index in [1.165, 1.54) is 6.07 Å². The lowest BCUT2D eigenvalue weighted by Crippen LogP contribution is -2.52. The van der Waals surface area contributed by atoms with E-state index in [-0.39, 0.29) is 5.82 Å². The van der Waals surface area contributed by atoms with Crippen molar-refractivity contribution in [1.29, 1.82) is 0 Å². The van der Waals surface area contributed by atoms with Crippen molar-refractivity contribution in [2.45, 2.75) is 24.2 Å². The van der Waals surface area contributed by atoms with Gasteiger partial charge in [-0.3, -0.25) is 0 Å². The molecule has 0 amide bonds. The molecule has 1 fully saturated rings. The Morgan fingerprint density at radius 3 is 2.80 bits per heavy atom. The van der Waals surface area contributed by atoms with Crippen molar-refractivity contribution in [3.05, 3.63) is 22.7 Å². The zero-order valence-electron chi connectivity index (χ0n) is 9.92. The monoisotopic (exact) mass is 353 g/mol. The number of nitrogens with zero attached hydrogens (tertiary/aromatic N) is 2. The smallest absolute Gasteiger partial charge is 0.353 e. The molecule has 2 heterocycles. The number of nitrogen functional groups attached to an aromatic ring is 1. The molecule has 20 heavy (non-hydrogen) atoms. The second-order valence-electron chi connectivity index (χ2n) is 4.06. The first kappa shape index (κ1) is 15.3. The van der Waals surface area contributed by atoms with Crippen molar-refractivity contribution in [2.75, 3.05) is 12.3 Å². The molecule has 1 aromatic rings. The summed E-state index contributed by atoms with van der Waals surface area (Å²) in [5, 5.41) is 28.9. The normalized spacial score (nSPS) is 33.5. The van der Waals surface area contributed by atoms with Crippen LogP contribution in [0, 0.1) is 0 Å². The van der Waals surface area contributed by atoms with Crippen LogP contribution in [0.5, 0.6) is 0 Å². The van der Waals surface area contributed by atoms with Crippen LogP contribution in [-0.4, -0.2) is 49.8 Å². The maximum Gasteiger partial charge on any atom is 0.353 e. The largest absolute Gasteiger partial charge is 0.394 e. The van der Waals surface area contributed by atoms with Gasteiger partial charge >= 0.3 is 11.6 Å². The maximum atomic E-state index is 11.8. The zero-order valence-corrected chi connectivity index (χ0v) is 11.5. The molecule has 112 valence electrons.